The highest BCUT2D eigenvalue weighted by atomic mass is 35.5. The van der Waals surface area contributed by atoms with Crippen LogP contribution in [0.15, 0.2) is 24.3 Å². The van der Waals surface area contributed by atoms with Gasteiger partial charge >= 0.3 is 0 Å². The second kappa shape index (κ2) is 5.38. The second-order valence-electron chi connectivity index (χ2n) is 4.39. The Balaban J connectivity index is 2.23. The summed E-state index contributed by atoms with van der Waals surface area (Å²) in [6.45, 7) is 7.66. The Morgan fingerprint density at radius 1 is 1.20 bits per heavy atom. The van der Waals surface area contributed by atoms with Crippen molar-refractivity contribution in [3.63, 3.8) is 0 Å². The molecule has 0 amide bonds. The highest BCUT2D eigenvalue weighted by Gasteiger charge is 2.08. The lowest BCUT2D eigenvalue weighted by molar-refractivity contribution is 0.00333. The number of halogens is 1. The van der Waals surface area contributed by atoms with E-state index in [0.717, 1.165) is 17.3 Å². The van der Waals surface area contributed by atoms with Crippen molar-refractivity contribution < 1.29 is 4.74 Å². The molecule has 1 rings (SSSR count). The highest BCUT2D eigenvalue weighted by Crippen LogP contribution is 2.13. The minimum Gasteiger partial charge on any atom is -0.383 e. The molecular weight excluding hydrogens is 210 g/mol. The van der Waals surface area contributed by atoms with E-state index in [2.05, 4.69) is 26.1 Å². The van der Waals surface area contributed by atoms with Crippen molar-refractivity contribution in [3.8, 4) is 0 Å². The van der Waals surface area contributed by atoms with Crippen LogP contribution in [0.4, 0.5) is 5.69 Å². The molecule has 1 aromatic carbocycles. The average Bonchev–Trinajstić information content (AvgIpc) is 2.14. The van der Waals surface area contributed by atoms with Crippen LogP contribution in [-0.2, 0) is 4.74 Å². The molecule has 1 N–H and O–H groups in total. The minimum absolute atomic E-state index is 0.0678. The van der Waals surface area contributed by atoms with Crippen LogP contribution in [0, 0.1) is 0 Å². The van der Waals surface area contributed by atoms with Gasteiger partial charge in [0.25, 0.3) is 0 Å². The van der Waals surface area contributed by atoms with Crippen LogP contribution < -0.4 is 5.32 Å². The predicted octanol–water partition coefficient (Wildman–Crippen LogP) is 3.57. The molecule has 0 radical (unpaired) electrons. The van der Waals surface area contributed by atoms with E-state index >= 15 is 0 Å². The Labute approximate surface area is 96.6 Å². The van der Waals surface area contributed by atoms with Crippen molar-refractivity contribution in [2.75, 3.05) is 18.5 Å². The maximum absolute atomic E-state index is 5.78. The Morgan fingerprint density at radius 3 is 2.33 bits per heavy atom. The smallest absolute Gasteiger partial charge is 0.0646 e. The summed E-state index contributed by atoms with van der Waals surface area (Å²) in [5.74, 6) is 0. The Morgan fingerprint density at radius 2 is 1.80 bits per heavy atom. The van der Waals surface area contributed by atoms with Crippen LogP contribution in [0.5, 0.6) is 0 Å². The van der Waals surface area contributed by atoms with E-state index in [0.29, 0.717) is 6.61 Å². The van der Waals surface area contributed by atoms with E-state index in [4.69, 9.17) is 16.3 Å². The molecule has 15 heavy (non-hydrogen) atoms. The van der Waals surface area contributed by atoms with Gasteiger partial charge < -0.3 is 10.1 Å². The Kier molecular flexibility index (Phi) is 4.43. The predicted molar refractivity (Wildman–Crippen MR) is 65.6 cm³/mol. The van der Waals surface area contributed by atoms with Gasteiger partial charge in [-0.2, -0.15) is 0 Å². The summed E-state index contributed by atoms with van der Waals surface area (Å²) in [6, 6.07) is 7.65. The number of hydrogen-bond acceptors (Lipinski definition) is 2. The minimum atomic E-state index is -0.0678. The van der Waals surface area contributed by atoms with Crippen LogP contribution in [0.25, 0.3) is 0 Å². The fourth-order valence-electron chi connectivity index (χ4n) is 1.12. The van der Waals surface area contributed by atoms with Crippen molar-refractivity contribution in [3.05, 3.63) is 29.3 Å². The first-order valence-electron chi connectivity index (χ1n) is 5.11. The zero-order valence-electron chi connectivity index (χ0n) is 9.51. The van der Waals surface area contributed by atoms with Gasteiger partial charge in [0.2, 0.25) is 0 Å². The molecule has 0 aliphatic rings. The van der Waals surface area contributed by atoms with E-state index in [1.54, 1.807) is 0 Å². The molecule has 0 bridgehead atoms. The average molecular weight is 228 g/mol. The van der Waals surface area contributed by atoms with Crippen molar-refractivity contribution in [1.82, 2.24) is 0 Å². The van der Waals surface area contributed by atoms with Crippen LogP contribution in [0.3, 0.4) is 0 Å². The van der Waals surface area contributed by atoms with E-state index in [-0.39, 0.29) is 5.60 Å². The van der Waals surface area contributed by atoms with E-state index in [9.17, 15) is 0 Å². The molecule has 0 aliphatic carbocycles. The number of ether oxygens (including phenoxy) is 1. The Bertz CT molecular complexity index is 289. The first kappa shape index (κ1) is 12.3. The highest BCUT2D eigenvalue weighted by molar-refractivity contribution is 6.30. The summed E-state index contributed by atoms with van der Waals surface area (Å²) < 4.78 is 5.59. The summed E-state index contributed by atoms with van der Waals surface area (Å²) in [7, 11) is 0. The van der Waals surface area contributed by atoms with E-state index in [1.165, 1.54) is 0 Å². The van der Waals surface area contributed by atoms with Crippen LogP contribution in [0.1, 0.15) is 20.8 Å². The van der Waals surface area contributed by atoms with Crippen LogP contribution in [-0.4, -0.2) is 18.8 Å². The lowest BCUT2D eigenvalue weighted by Gasteiger charge is -2.19. The maximum Gasteiger partial charge on any atom is 0.0646 e. The largest absolute Gasteiger partial charge is 0.383 e. The molecule has 3 heteroatoms. The van der Waals surface area contributed by atoms with Gasteiger partial charge in [0.1, 0.15) is 0 Å². The van der Waals surface area contributed by atoms with Gasteiger partial charge in [-0.25, -0.2) is 0 Å². The van der Waals surface area contributed by atoms with Gasteiger partial charge in [-0.15, -0.1) is 0 Å². The molecule has 1 aromatic rings. The third-order valence-electron chi connectivity index (χ3n) is 1.81. The van der Waals surface area contributed by atoms with E-state index in [1.807, 2.05) is 24.3 Å². The molecule has 0 aromatic heterocycles. The number of hydrogen-bond donors (Lipinski definition) is 1. The molecule has 0 heterocycles. The van der Waals surface area contributed by atoms with Crippen molar-refractivity contribution in [2.45, 2.75) is 26.4 Å². The van der Waals surface area contributed by atoms with E-state index < -0.39 is 0 Å². The van der Waals surface area contributed by atoms with Crippen molar-refractivity contribution in [2.24, 2.45) is 0 Å². The topological polar surface area (TPSA) is 21.3 Å². The number of benzene rings is 1. The zero-order chi connectivity index (χ0) is 11.3. The number of rotatable bonds is 4. The quantitative estimate of drug-likeness (QED) is 0.795. The summed E-state index contributed by atoms with van der Waals surface area (Å²) in [5, 5.41) is 4.02. The summed E-state index contributed by atoms with van der Waals surface area (Å²) in [5.41, 5.74) is 0.999. The molecule has 2 nitrogen and oxygen atoms in total. The van der Waals surface area contributed by atoms with Gasteiger partial charge in [0.05, 0.1) is 12.2 Å². The second-order valence-corrected chi connectivity index (χ2v) is 4.83. The van der Waals surface area contributed by atoms with Crippen molar-refractivity contribution in [1.29, 1.82) is 0 Å². The summed E-state index contributed by atoms with van der Waals surface area (Å²) in [4.78, 5) is 0. The molecule has 0 aliphatic heterocycles. The molecule has 0 saturated carbocycles. The summed E-state index contributed by atoms with van der Waals surface area (Å²) in [6.07, 6.45) is 0. The molecule has 0 unspecified atom stereocenters. The van der Waals surface area contributed by atoms with Gasteiger partial charge in [-0.05, 0) is 45.0 Å². The lowest BCUT2D eigenvalue weighted by Crippen LogP contribution is -2.23. The van der Waals surface area contributed by atoms with Gasteiger partial charge in [-0.1, -0.05) is 11.6 Å². The van der Waals surface area contributed by atoms with Gasteiger partial charge in [-0.3, -0.25) is 0 Å². The SMILES string of the molecule is CC(C)(C)OCCNc1ccc(Cl)cc1. The molecule has 0 saturated heterocycles. The summed E-state index contributed by atoms with van der Waals surface area (Å²) >= 11 is 5.78. The zero-order valence-corrected chi connectivity index (χ0v) is 10.3. The third-order valence-corrected chi connectivity index (χ3v) is 2.06. The number of nitrogens with one attached hydrogen (secondary N) is 1. The lowest BCUT2D eigenvalue weighted by atomic mass is 10.2. The first-order chi connectivity index (χ1) is 6.97. The fraction of sp³-hybridized carbons (Fsp3) is 0.500. The monoisotopic (exact) mass is 227 g/mol. The fourth-order valence-corrected chi connectivity index (χ4v) is 1.25. The Hall–Kier alpha value is -0.730. The molecular formula is C12H18ClNO. The standard InChI is InChI=1S/C12H18ClNO/c1-12(2,3)15-9-8-14-11-6-4-10(13)5-7-11/h4-7,14H,8-9H2,1-3H3. The van der Waals surface area contributed by atoms with Gasteiger partial charge in [0.15, 0.2) is 0 Å². The van der Waals surface area contributed by atoms with Gasteiger partial charge in [0, 0.05) is 17.3 Å². The van der Waals surface area contributed by atoms with Crippen LogP contribution in [0.2, 0.25) is 5.02 Å². The molecule has 0 atom stereocenters. The third kappa shape index (κ3) is 5.65. The number of anilines is 1. The molecule has 84 valence electrons. The molecule has 0 spiro atoms. The first-order valence-corrected chi connectivity index (χ1v) is 5.48. The maximum atomic E-state index is 5.78. The van der Waals surface area contributed by atoms with Crippen molar-refractivity contribution >= 4 is 17.3 Å². The molecule has 0 fully saturated rings. The van der Waals surface area contributed by atoms with Crippen LogP contribution >= 0.6 is 11.6 Å². The normalized spacial score (nSPS) is 11.5.